The van der Waals surface area contributed by atoms with Gasteiger partial charge in [-0.05, 0) is 59.8 Å². The first-order valence-electron chi connectivity index (χ1n) is 8.48. The van der Waals surface area contributed by atoms with E-state index in [0.717, 1.165) is 11.1 Å². The Kier molecular flexibility index (Phi) is 6.54. The molecule has 0 unspecified atom stereocenters. The average Bonchev–Trinajstić information content (AvgIpc) is 3.24. The van der Waals surface area contributed by atoms with Crippen LogP contribution in [0.15, 0.2) is 71.1 Å². The lowest BCUT2D eigenvalue weighted by Gasteiger charge is -2.07. The van der Waals surface area contributed by atoms with E-state index in [0.29, 0.717) is 16.4 Å². The van der Waals surface area contributed by atoms with Gasteiger partial charge >= 0.3 is 5.97 Å². The first kappa shape index (κ1) is 19.3. The zero-order valence-electron chi connectivity index (χ0n) is 15.1. The molecule has 1 aromatic heterocycles. The van der Waals surface area contributed by atoms with Crippen LogP contribution >= 0.6 is 11.3 Å². The number of hydrogen-bond donors (Lipinski definition) is 1. The molecule has 6 nitrogen and oxygen atoms in total. The van der Waals surface area contributed by atoms with E-state index in [-0.39, 0.29) is 12.5 Å². The lowest BCUT2D eigenvalue weighted by molar-refractivity contribution is -0.123. The Morgan fingerprint density at radius 1 is 1.07 bits per heavy atom. The van der Waals surface area contributed by atoms with Gasteiger partial charge in [-0.3, -0.25) is 4.79 Å². The van der Waals surface area contributed by atoms with Crippen LogP contribution in [-0.2, 0) is 4.79 Å². The molecule has 0 aliphatic rings. The van der Waals surface area contributed by atoms with E-state index in [1.807, 2.05) is 30.5 Å². The summed E-state index contributed by atoms with van der Waals surface area (Å²) in [7, 11) is 0. The van der Waals surface area contributed by atoms with Gasteiger partial charge in [-0.15, -0.1) is 11.3 Å². The second-order valence-electron chi connectivity index (χ2n) is 5.78. The molecule has 7 heteroatoms. The Balaban J connectivity index is 1.46. The van der Waals surface area contributed by atoms with Gasteiger partial charge in [-0.25, -0.2) is 10.2 Å². The van der Waals surface area contributed by atoms with Crippen LogP contribution in [0.4, 0.5) is 0 Å². The van der Waals surface area contributed by atoms with Crippen molar-refractivity contribution in [1.29, 1.82) is 0 Å². The van der Waals surface area contributed by atoms with Gasteiger partial charge in [0.1, 0.15) is 16.4 Å². The van der Waals surface area contributed by atoms with Crippen molar-refractivity contribution < 1.29 is 19.1 Å². The van der Waals surface area contributed by atoms with Crippen molar-refractivity contribution in [3.05, 3.63) is 82.0 Å². The third kappa shape index (κ3) is 5.52. The van der Waals surface area contributed by atoms with Crippen LogP contribution in [-0.4, -0.2) is 24.7 Å². The molecular formula is C21H18N2O4S. The highest BCUT2D eigenvalue weighted by Crippen LogP contribution is 2.17. The predicted octanol–water partition coefficient (Wildman–Crippen LogP) is 3.80. The van der Waals surface area contributed by atoms with Crippen molar-refractivity contribution >= 4 is 29.4 Å². The molecule has 0 atom stereocenters. The zero-order chi connectivity index (χ0) is 19.8. The van der Waals surface area contributed by atoms with E-state index in [1.165, 1.54) is 17.6 Å². The van der Waals surface area contributed by atoms with E-state index in [9.17, 15) is 9.59 Å². The molecule has 2 aromatic carbocycles. The summed E-state index contributed by atoms with van der Waals surface area (Å²) in [6, 6.07) is 17.8. The van der Waals surface area contributed by atoms with E-state index in [1.54, 1.807) is 42.5 Å². The molecule has 3 rings (SSSR count). The van der Waals surface area contributed by atoms with Crippen molar-refractivity contribution in [2.75, 3.05) is 6.61 Å². The molecule has 0 bridgehead atoms. The number of amides is 1. The molecule has 1 heterocycles. The van der Waals surface area contributed by atoms with Crippen molar-refractivity contribution in [2.24, 2.45) is 5.10 Å². The lowest BCUT2D eigenvalue weighted by atomic mass is 10.2. The summed E-state index contributed by atoms with van der Waals surface area (Å²) in [6.45, 7) is 1.78. The Hall–Kier alpha value is -3.45. The molecule has 142 valence electrons. The number of esters is 1. The third-order valence-corrected chi connectivity index (χ3v) is 4.52. The molecule has 0 radical (unpaired) electrons. The minimum absolute atomic E-state index is 0.125. The number of hydrogen-bond acceptors (Lipinski definition) is 6. The van der Waals surface area contributed by atoms with Crippen LogP contribution in [0.1, 0.15) is 20.8 Å². The number of hydrazone groups is 1. The van der Waals surface area contributed by atoms with Crippen molar-refractivity contribution in [3.63, 3.8) is 0 Å². The SMILES string of the molecule is Cc1ccccc1OCC(=O)NN=Cc1ccc(OC(=O)c2cccs2)cc1. The summed E-state index contributed by atoms with van der Waals surface area (Å²) in [5.41, 5.74) is 4.11. The van der Waals surface area contributed by atoms with Crippen LogP contribution in [0.3, 0.4) is 0 Å². The highest BCUT2D eigenvalue weighted by molar-refractivity contribution is 7.12. The Morgan fingerprint density at radius 3 is 2.57 bits per heavy atom. The summed E-state index contributed by atoms with van der Waals surface area (Å²) < 4.78 is 10.7. The van der Waals surface area contributed by atoms with Crippen molar-refractivity contribution in [1.82, 2.24) is 5.43 Å². The summed E-state index contributed by atoms with van der Waals surface area (Å²) in [6.07, 6.45) is 1.50. The molecule has 0 fully saturated rings. The van der Waals surface area contributed by atoms with Gasteiger partial charge < -0.3 is 9.47 Å². The van der Waals surface area contributed by atoms with Gasteiger partial charge in [-0.2, -0.15) is 5.10 Å². The highest BCUT2D eigenvalue weighted by atomic mass is 32.1. The molecule has 0 aliphatic carbocycles. The monoisotopic (exact) mass is 394 g/mol. The van der Waals surface area contributed by atoms with Gasteiger partial charge in [-0.1, -0.05) is 24.3 Å². The number of aryl methyl sites for hydroxylation is 1. The fourth-order valence-corrected chi connectivity index (χ4v) is 2.85. The molecule has 1 N–H and O–H groups in total. The molecule has 3 aromatic rings. The van der Waals surface area contributed by atoms with Gasteiger partial charge in [0.15, 0.2) is 6.61 Å². The number of nitrogens with one attached hydrogen (secondary N) is 1. The zero-order valence-corrected chi connectivity index (χ0v) is 15.9. The number of ether oxygens (including phenoxy) is 2. The maximum absolute atomic E-state index is 11.9. The number of carbonyl (C=O) groups is 2. The summed E-state index contributed by atoms with van der Waals surface area (Å²) in [5, 5.41) is 5.71. The van der Waals surface area contributed by atoms with Crippen LogP contribution in [0.5, 0.6) is 11.5 Å². The fraction of sp³-hybridized carbons (Fsp3) is 0.0952. The summed E-state index contributed by atoms with van der Waals surface area (Å²) in [5.74, 6) is 0.346. The number of benzene rings is 2. The molecular weight excluding hydrogens is 376 g/mol. The number of thiophene rings is 1. The van der Waals surface area contributed by atoms with Gasteiger partial charge in [0.25, 0.3) is 5.91 Å². The standard InChI is InChI=1S/C21H18N2O4S/c1-15-5-2-3-6-18(15)26-14-20(24)23-22-13-16-8-10-17(11-9-16)27-21(25)19-7-4-12-28-19/h2-13H,14H2,1H3,(H,23,24). The maximum atomic E-state index is 11.9. The summed E-state index contributed by atoms with van der Waals surface area (Å²) >= 11 is 1.32. The Bertz CT molecular complexity index is 966. The third-order valence-electron chi connectivity index (χ3n) is 3.67. The number of rotatable bonds is 7. The molecule has 0 spiro atoms. The molecule has 0 saturated carbocycles. The van der Waals surface area contributed by atoms with E-state index in [4.69, 9.17) is 9.47 Å². The van der Waals surface area contributed by atoms with Gasteiger partial charge in [0, 0.05) is 0 Å². The summed E-state index contributed by atoms with van der Waals surface area (Å²) in [4.78, 5) is 24.2. The number of para-hydroxylation sites is 1. The first-order chi connectivity index (χ1) is 13.6. The van der Waals surface area contributed by atoms with Crippen LogP contribution in [0.2, 0.25) is 0 Å². The van der Waals surface area contributed by atoms with Crippen molar-refractivity contribution in [2.45, 2.75) is 6.92 Å². The highest BCUT2D eigenvalue weighted by Gasteiger charge is 2.09. The second kappa shape index (κ2) is 9.48. The van der Waals surface area contributed by atoms with E-state index < -0.39 is 5.97 Å². The molecule has 0 aliphatic heterocycles. The molecule has 0 saturated heterocycles. The fourth-order valence-electron chi connectivity index (χ4n) is 2.25. The minimum Gasteiger partial charge on any atom is -0.483 e. The average molecular weight is 394 g/mol. The number of carbonyl (C=O) groups excluding carboxylic acids is 2. The Labute approximate surface area is 166 Å². The van der Waals surface area contributed by atoms with Crippen LogP contribution in [0.25, 0.3) is 0 Å². The quantitative estimate of drug-likeness (QED) is 0.286. The first-order valence-corrected chi connectivity index (χ1v) is 9.36. The van der Waals surface area contributed by atoms with Crippen molar-refractivity contribution in [3.8, 4) is 11.5 Å². The topological polar surface area (TPSA) is 77.0 Å². The normalized spacial score (nSPS) is 10.6. The Morgan fingerprint density at radius 2 is 1.86 bits per heavy atom. The molecule has 28 heavy (non-hydrogen) atoms. The minimum atomic E-state index is -0.391. The van der Waals surface area contributed by atoms with E-state index in [2.05, 4.69) is 10.5 Å². The van der Waals surface area contributed by atoms with Gasteiger partial charge in [0.2, 0.25) is 0 Å². The van der Waals surface area contributed by atoms with Crippen LogP contribution < -0.4 is 14.9 Å². The van der Waals surface area contributed by atoms with E-state index >= 15 is 0 Å². The predicted molar refractivity (Wildman–Crippen MR) is 108 cm³/mol. The number of nitrogens with zero attached hydrogens (tertiary/aromatic N) is 1. The van der Waals surface area contributed by atoms with Crippen LogP contribution in [0, 0.1) is 6.92 Å². The largest absolute Gasteiger partial charge is 0.483 e. The second-order valence-corrected chi connectivity index (χ2v) is 6.73. The van der Waals surface area contributed by atoms with Gasteiger partial charge in [0.05, 0.1) is 6.21 Å². The maximum Gasteiger partial charge on any atom is 0.353 e. The molecule has 1 amide bonds. The smallest absolute Gasteiger partial charge is 0.353 e. The lowest BCUT2D eigenvalue weighted by Crippen LogP contribution is -2.24.